The molecule has 0 aliphatic rings. The van der Waals surface area contributed by atoms with Crippen molar-refractivity contribution in [2.75, 3.05) is 0 Å². The zero-order chi connectivity index (χ0) is 21.8. The van der Waals surface area contributed by atoms with Crippen LogP contribution in [0.5, 0.6) is 0 Å². The average molecular weight is 450 g/mol. The van der Waals surface area contributed by atoms with Gasteiger partial charge in [0.05, 0.1) is 0 Å². The van der Waals surface area contributed by atoms with E-state index in [1.807, 2.05) is 121 Å². The summed E-state index contributed by atoms with van der Waals surface area (Å²) >= 11 is 0. The molecule has 0 spiro atoms. The Bertz CT molecular complexity index is 1150. The molecule has 0 aliphatic carbocycles. The second kappa shape index (κ2) is 8.37. The Balaban J connectivity index is 2.23. The third kappa shape index (κ3) is 3.93. The molecule has 0 saturated heterocycles. The van der Waals surface area contributed by atoms with Gasteiger partial charge in [-0.25, -0.2) is 0 Å². The van der Waals surface area contributed by atoms with E-state index in [0.29, 0.717) is 15.9 Å². The van der Waals surface area contributed by atoms with Crippen LogP contribution in [0.1, 0.15) is 5.56 Å². The summed E-state index contributed by atoms with van der Waals surface area (Å²) in [7, 11) is -4.85. The standard InChI is InChI=1S/C25H23O4PS/c26-31(27,28)29-30(23-15-7-2-8-16-23,24-17-9-3-10-18-24,25-19-11-4-12-20-25)21-22-13-5-1-6-14-22/h1-20H,21H2,(H,26,27,28). The molecule has 31 heavy (non-hydrogen) atoms. The van der Waals surface area contributed by atoms with Gasteiger partial charge in [-0.3, -0.25) is 0 Å². The maximum absolute atomic E-state index is 12.5. The van der Waals surface area contributed by atoms with Crippen LogP contribution >= 0.6 is 6.83 Å². The molecule has 0 aromatic heterocycles. The summed E-state index contributed by atoms with van der Waals surface area (Å²) in [5, 5.41) is 2.15. The zero-order valence-electron chi connectivity index (χ0n) is 16.8. The number of benzene rings is 4. The van der Waals surface area contributed by atoms with E-state index in [1.165, 1.54) is 0 Å². The molecule has 0 fully saturated rings. The van der Waals surface area contributed by atoms with Crippen molar-refractivity contribution >= 4 is 33.1 Å². The number of rotatable bonds is 7. The Morgan fingerprint density at radius 3 is 1.23 bits per heavy atom. The van der Waals surface area contributed by atoms with Gasteiger partial charge in [0.2, 0.25) is 0 Å². The van der Waals surface area contributed by atoms with Gasteiger partial charge in [0.25, 0.3) is 0 Å². The number of hydrogen-bond donors (Lipinski definition) is 1. The molecule has 0 heterocycles. The van der Waals surface area contributed by atoms with Crippen molar-refractivity contribution in [1.29, 1.82) is 0 Å². The van der Waals surface area contributed by atoms with Crippen LogP contribution in [0.2, 0.25) is 0 Å². The average Bonchev–Trinajstić information content (AvgIpc) is 2.80. The Kier molecular flexibility index (Phi) is 5.78. The van der Waals surface area contributed by atoms with E-state index in [-0.39, 0.29) is 6.16 Å². The van der Waals surface area contributed by atoms with Crippen molar-refractivity contribution in [2.45, 2.75) is 6.16 Å². The summed E-state index contributed by atoms with van der Waals surface area (Å²) in [5.41, 5.74) is 0.903. The molecule has 6 heteroatoms. The van der Waals surface area contributed by atoms with E-state index < -0.39 is 17.2 Å². The van der Waals surface area contributed by atoms with Crippen LogP contribution in [0.25, 0.3) is 0 Å². The fourth-order valence-electron chi connectivity index (χ4n) is 4.25. The fourth-order valence-corrected chi connectivity index (χ4v) is 11.9. The van der Waals surface area contributed by atoms with Crippen molar-refractivity contribution in [3.63, 3.8) is 0 Å². The van der Waals surface area contributed by atoms with Crippen LogP contribution in [-0.2, 0) is 20.5 Å². The van der Waals surface area contributed by atoms with Crippen LogP contribution in [0.3, 0.4) is 0 Å². The van der Waals surface area contributed by atoms with Crippen LogP contribution in [0, 0.1) is 0 Å². The molecule has 158 valence electrons. The van der Waals surface area contributed by atoms with Crippen molar-refractivity contribution in [3.8, 4) is 0 Å². The van der Waals surface area contributed by atoms with Gasteiger partial charge in [0.1, 0.15) is 0 Å². The Labute approximate surface area is 183 Å². The molecule has 0 saturated carbocycles. The van der Waals surface area contributed by atoms with Crippen molar-refractivity contribution in [1.82, 2.24) is 0 Å². The molecule has 0 radical (unpaired) electrons. The molecule has 0 aliphatic heterocycles. The Morgan fingerprint density at radius 2 is 0.903 bits per heavy atom. The third-order valence-electron chi connectivity index (χ3n) is 5.49. The summed E-state index contributed by atoms with van der Waals surface area (Å²) in [6.45, 7) is -4.21. The number of hydrogen-bond acceptors (Lipinski definition) is 3. The second-order valence-electron chi connectivity index (χ2n) is 7.37. The monoisotopic (exact) mass is 450 g/mol. The molecule has 4 aromatic carbocycles. The molecule has 1 N–H and O–H groups in total. The van der Waals surface area contributed by atoms with E-state index in [0.717, 1.165) is 5.56 Å². The van der Waals surface area contributed by atoms with Gasteiger partial charge in [-0.2, -0.15) is 0 Å². The minimum atomic E-state index is -4.85. The normalized spacial score (nSPS) is 13.3. The fraction of sp³-hybridized carbons (Fsp3) is 0.0400. The zero-order valence-corrected chi connectivity index (χ0v) is 18.5. The van der Waals surface area contributed by atoms with Gasteiger partial charge in [-0.05, 0) is 0 Å². The molecular formula is C25H23O4PS. The first-order valence-corrected chi connectivity index (χ1v) is 13.6. The molecule has 4 rings (SSSR count). The second-order valence-corrected chi connectivity index (χ2v) is 13.1. The first kappa shape index (κ1) is 21.4. The molecule has 4 nitrogen and oxygen atoms in total. The van der Waals surface area contributed by atoms with Crippen LogP contribution < -0.4 is 15.9 Å². The van der Waals surface area contributed by atoms with Gasteiger partial charge in [0, 0.05) is 0 Å². The topological polar surface area (TPSA) is 63.6 Å². The van der Waals surface area contributed by atoms with Crippen LogP contribution in [0.4, 0.5) is 0 Å². The van der Waals surface area contributed by atoms with Gasteiger partial charge < -0.3 is 0 Å². The SMILES string of the molecule is O=S(=O)(O)OP(Cc1ccccc1)(c1ccccc1)(c1ccccc1)c1ccccc1. The van der Waals surface area contributed by atoms with Crippen molar-refractivity contribution < 1.29 is 16.9 Å². The van der Waals surface area contributed by atoms with Crippen LogP contribution in [-0.4, -0.2) is 13.0 Å². The minimum absolute atomic E-state index is 0.268. The first-order chi connectivity index (χ1) is 14.9. The molecule has 4 aromatic rings. The molecule has 0 atom stereocenters. The van der Waals surface area contributed by atoms with Gasteiger partial charge in [0.15, 0.2) is 0 Å². The van der Waals surface area contributed by atoms with Gasteiger partial charge in [-0.1, -0.05) is 0 Å². The van der Waals surface area contributed by atoms with Crippen molar-refractivity contribution in [3.05, 3.63) is 127 Å². The first-order valence-electron chi connectivity index (χ1n) is 9.85. The third-order valence-corrected chi connectivity index (χ3v) is 12.7. The van der Waals surface area contributed by atoms with Gasteiger partial charge in [-0.15, -0.1) is 0 Å². The summed E-state index contributed by atoms with van der Waals surface area (Å²) < 4.78 is 41.3. The van der Waals surface area contributed by atoms with E-state index in [4.69, 9.17) is 3.97 Å². The van der Waals surface area contributed by atoms with Gasteiger partial charge >= 0.3 is 183 Å². The molecule has 0 amide bonds. The summed E-state index contributed by atoms with van der Waals surface area (Å²) in [6.07, 6.45) is 0.268. The molecule has 0 bridgehead atoms. The van der Waals surface area contributed by atoms with E-state index in [1.54, 1.807) is 0 Å². The summed E-state index contributed by atoms with van der Waals surface area (Å²) in [5.74, 6) is 0. The van der Waals surface area contributed by atoms with E-state index in [9.17, 15) is 13.0 Å². The van der Waals surface area contributed by atoms with E-state index >= 15 is 0 Å². The Hall–Kier alpha value is -2.82. The summed E-state index contributed by atoms with van der Waals surface area (Å²) in [4.78, 5) is 0. The molecular weight excluding hydrogens is 427 g/mol. The molecule has 0 unspecified atom stereocenters. The van der Waals surface area contributed by atoms with E-state index in [2.05, 4.69) is 0 Å². The van der Waals surface area contributed by atoms with Crippen LogP contribution in [0.15, 0.2) is 121 Å². The quantitative estimate of drug-likeness (QED) is 0.334. The van der Waals surface area contributed by atoms with Crippen molar-refractivity contribution in [2.24, 2.45) is 0 Å². The summed E-state index contributed by atoms with van der Waals surface area (Å²) in [6, 6.07) is 37.7. The predicted octanol–water partition coefficient (Wildman–Crippen LogP) is 4.45. The Morgan fingerprint density at radius 1 is 0.581 bits per heavy atom. The maximum atomic E-state index is 12.5. The predicted molar refractivity (Wildman–Crippen MR) is 128 cm³/mol.